The van der Waals surface area contributed by atoms with Crippen molar-refractivity contribution in [1.29, 1.82) is 0 Å². The smallest absolute Gasteiger partial charge is 0.0535 e. The van der Waals surface area contributed by atoms with Crippen molar-refractivity contribution < 1.29 is 0 Å². The van der Waals surface area contributed by atoms with E-state index < -0.39 is 0 Å². The van der Waals surface area contributed by atoms with Crippen molar-refractivity contribution in [3.8, 4) is 22.4 Å². The number of rotatable bonds is 4. The van der Waals surface area contributed by atoms with Gasteiger partial charge in [0.1, 0.15) is 0 Å². The van der Waals surface area contributed by atoms with Crippen LogP contribution in [0, 0.1) is 6.92 Å². The molecule has 3 heteroatoms. The first kappa shape index (κ1) is 16.2. The normalized spacial score (nSPS) is 10.7. The predicted molar refractivity (Wildman–Crippen MR) is 105 cm³/mol. The van der Waals surface area contributed by atoms with Gasteiger partial charge < -0.3 is 14.8 Å². The molecule has 0 aliphatic heterocycles. The molecule has 0 spiro atoms. The van der Waals surface area contributed by atoms with Crippen molar-refractivity contribution in [3.63, 3.8) is 0 Å². The number of aryl methyl sites for hydroxylation is 1. The summed E-state index contributed by atoms with van der Waals surface area (Å²) in [6, 6.07) is 19.6. The van der Waals surface area contributed by atoms with E-state index in [0.29, 0.717) is 0 Å². The summed E-state index contributed by atoms with van der Waals surface area (Å²) < 4.78 is 0. The second-order valence-electron chi connectivity index (χ2n) is 6.62. The highest BCUT2D eigenvalue weighted by atomic mass is 15.1. The minimum Gasteiger partial charge on any atom is -0.378 e. The van der Waals surface area contributed by atoms with Crippen molar-refractivity contribution in [2.45, 2.75) is 6.92 Å². The lowest BCUT2D eigenvalue weighted by atomic mass is 10.0. The number of aromatic nitrogens is 1. The van der Waals surface area contributed by atoms with Crippen LogP contribution in [-0.4, -0.2) is 33.2 Å². The lowest BCUT2D eigenvalue weighted by molar-refractivity contribution is 1.13. The van der Waals surface area contributed by atoms with E-state index >= 15 is 0 Å². The number of H-pyrrole nitrogens is 1. The van der Waals surface area contributed by atoms with Gasteiger partial charge in [-0.25, -0.2) is 0 Å². The average molecular weight is 319 g/mol. The van der Waals surface area contributed by atoms with Crippen LogP contribution in [0.2, 0.25) is 0 Å². The standard InChI is InChI=1S/C21H25N3/c1-15-14-20(16-6-10-18(11-7-16)23(2)3)21(22-15)17-8-12-19(13-9-17)24(4)5/h6-14,22H,1-5H3. The summed E-state index contributed by atoms with van der Waals surface area (Å²) in [6.45, 7) is 2.11. The van der Waals surface area contributed by atoms with E-state index in [1.807, 2.05) is 0 Å². The van der Waals surface area contributed by atoms with Gasteiger partial charge >= 0.3 is 0 Å². The number of nitrogens with zero attached hydrogens (tertiary/aromatic N) is 2. The van der Waals surface area contributed by atoms with E-state index in [-0.39, 0.29) is 0 Å². The molecule has 24 heavy (non-hydrogen) atoms. The molecule has 0 fully saturated rings. The largest absolute Gasteiger partial charge is 0.378 e. The van der Waals surface area contributed by atoms with Gasteiger partial charge in [-0.1, -0.05) is 24.3 Å². The van der Waals surface area contributed by atoms with Crippen molar-refractivity contribution >= 4 is 11.4 Å². The summed E-state index contributed by atoms with van der Waals surface area (Å²) in [5.41, 5.74) is 8.46. The quantitative estimate of drug-likeness (QED) is 0.747. The van der Waals surface area contributed by atoms with E-state index in [9.17, 15) is 0 Å². The molecule has 1 aromatic heterocycles. The Balaban J connectivity index is 2.01. The van der Waals surface area contributed by atoms with Gasteiger partial charge in [0.2, 0.25) is 0 Å². The molecule has 0 saturated carbocycles. The summed E-state index contributed by atoms with van der Waals surface area (Å²) in [5.74, 6) is 0. The van der Waals surface area contributed by atoms with E-state index in [2.05, 4.69) is 104 Å². The Hall–Kier alpha value is -2.68. The van der Waals surface area contributed by atoms with Crippen molar-refractivity contribution in [2.24, 2.45) is 0 Å². The number of benzene rings is 2. The van der Waals surface area contributed by atoms with Crippen LogP contribution in [0.4, 0.5) is 11.4 Å². The molecule has 3 aromatic rings. The second kappa shape index (κ2) is 6.44. The van der Waals surface area contributed by atoms with E-state index in [1.165, 1.54) is 39.5 Å². The van der Waals surface area contributed by atoms with Crippen LogP contribution in [0.25, 0.3) is 22.4 Å². The molecule has 0 aliphatic carbocycles. The molecule has 1 heterocycles. The monoisotopic (exact) mass is 319 g/mol. The van der Waals surface area contributed by atoms with Crippen molar-refractivity contribution in [1.82, 2.24) is 4.98 Å². The third-order valence-electron chi connectivity index (χ3n) is 4.32. The molecule has 1 N–H and O–H groups in total. The van der Waals surface area contributed by atoms with E-state index in [0.717, 1.165) is 0 Å². The fourth-order valence-corrected chi connectivity index (χ4v) is 2.91. The van der Waals surface area contributed by atoms with Crippen molar-refractivity contribution in [2.75, 3.05) is 38.0 Å². The summed E-state index contributed by atoms with van der Waals surface area (Å²) in [7, 11) is 8.25. The SMILES string of the molecule is Cc1cc(-c2ccc(N(C)C)cc2)c(-c2ccc(N(C)C)cc2)[nH]1. The van der Waals surface area contributed by atoms with Crippen molar-refractivity contribution in [3.05, 3.63) is 60.3 Å². The van der Waals surface area contributed by atoms with Gasteiger partial charge in [0.15, 0.2) is 0 Å². The zero-order valence-electron chi connectivity index (χ0n) is 15.1. The number of anilines is 2. The van der Waals surface area contributed by atoms with Crippen LogP contribution in [0.15, 0.2) is 54.6 Å². The molecule has 0 saturated heterocycles. The maximum Gasteiger partial charge on any atom is 0.0535 e. The zero-order chi connectivity index (χ0) is 17.3. The molecule has 0 unspecified atom stereocenters. The minimum atomic E-state index is 1.17. The second-order valence-corrected chi connectivity index (χ2v) is 6.62. The Bertz CT molecular complexity index is 740. The molecule has 0 aliphatic rings. The van der Waals surface area contributed by atoms with Gasteiger partial charge in [0.05, 0.1) is 5.69 Å². The molecule has 3 rings (SSSR count). The van der Waals surface area contributed by atoms with Gasteiger partial charge in [0, 0.05) is 50.8 Å². The molecule has 0 bridgehead atoms. The van der Waals surface area contributed by atoms with Crippen LogP contribution in [0.3, 0.4) is 0 Å². The lowest BCUT2D eigenvalue weighted by Crippen LogP contribution is -2.08. The highest BCUT2D eigenvalue weighted by Crippen LogP contribution is 2.34. The van der Waals surface area contributed by atoms with Gasteiger partial charge in [-0.2, -0.15) is 0 Å². The van der Waals surface area contributed by atoms with Crippen LogP contribution in [0.1, 0.15) is 5.69 Å². The van der Waals surface area contributed by atoms with Gasteiger partial charge in [0.25, 0.3) is 0 Å². The highest BCUT2D eigenvalue weighted by Gasteiger charge is 2.11. The zero-order valence-corrected chi connectivity index (χ0v) is 15.1. The maximum absolute atomic E-state index is 3.52. The topological polar surface area (TPSA) is 22.3 Å². The molecule has 3 nitrogen and oxygen atoms in total. The number of hydrogen-bond donors (Lipinski definition) is 1. The maximum atomic E-state index is 3.52. The molecule has 0 amide bonds. The average Bonchev–Trinajstić information content (AvgIpc) is 2.97. The third kappa shape index (κ3) is 3.16. The van der Waals surface area contributed by atoms with Crippen LogP contribution in [-0.2, 0) is 0 Å². The summed E-state index contributed by atoms with van der Waals surface area (Å²) in [4.78, 5) is 7.76. The molecular weight excluding hydrogens is 294 g/mol. The van der Waals surface area contributed by atoms with E-state index in [1.54, 1.807) is 0 Å². The van der Waals surface area contributed by atoms with Gasteiger partial charge in [-0.05, 0) is 48.4 Å². The molecule has 124 valence electrons. The first-order valence-corrected chi connectivity index (χ1v) is 8.21. The molecule has 0 radical (unpaired) electrons. The summed E-state index contributed by atoms with van der Waals surface area (Å²) in [6.07, 6.45) is 0. The highest BCUT2D eigenvalue weighted by molar-refractivity contribution is 5.83. The Labute approximate surface area is 144 Å². The number of aromatic amines is 1. The Kier molecular flexibility index (Phi) is 4.34. The van der Waals surface area contributed by atoms with Crippen LogP contribution >= 0.6 is 0 Å². The molecule has 2 aromatic carbocycles. The Morgan fingerprint density at radius 1 is 0.667 bits per heavy atom. The van der Waals surface area contributed by atoms with Crippen LogP contribution in [0.5, 0.6) is 0 Å². The number of nitrogens with one attached hydrogen (secondary N) is 1. The third-order valence-corrected chi connectivity index (χ3v) is 4.32. The first-order valence-electron chi connectivity index (χ1n) is 8.21. The lowest BCUT2D eigenvalue weighted by Gasteiger charge is -2.14. The summed E-state index contributed by atoms with van der Waals surface area (Å²) in [5, 5.41) is 0. The summed E-state index contributed by atoms with van der Waals surface area (Å²) >= 11 is 0. The predicted octanol–water partition coefficient (Wildman–Crippen LogP) is 4.79. The van der Waals surface area contributed by atoms with Gasteiger partial charge in [-0.3, -0.25) is 0 Å². The minimum absolute atomic E-state index is 1.17. The molecule has 0 atom stereocenters. The molecular formula is C21H25N3. The Morgan fingerprint density at radius 3 is 1.58 bits per heavy atom. The Morgan fingerprint density at radius 2 is 1.12 bits per heavy atom. The van der Waals surface area contributed by atoms with Gasteiger partial charge in [-0.15, -0.1) is 0 Å². The fraction of sp³-hybridized carbons (Fsp3) is 0.238. The fourth-order valence-electron chi connectivity index (χ4n) is 2.91. The number of hydrogen-bond acceptors (Lipinski definition) is 2. The first-order chi connectivity index (χ1) is 11.5. The van der Waals surface area contributed by atoms with Crippen LogP contribution < -0.4 is 9.80 Å². The van der Waals surface area contributed by atoms with E-state index in [4.69, 9.17) is 0 Å².